The molecule has 0 saturated heterocycles. The third-order valence-corrected chi connectivity index (χ3v) is 5.03. The lowest BCUT2D eigenvalue weighted by atomic mass is 9.86. The maximum Gasteiger partial charge on any atom is 0.163 e. The van der Waals surface area contributed by atoms with E-state index in [1.807, 2.05) is 45.0 Å². The van der Waals surface area contributed by atoms with E-state index < -0.39 is 11.7 Å². The highest BCUT2D eigenvalue weighted by molar-refractivity contribution is 6.30. The van der Waals surface area contributed by atoms with E-state index in [0.717, 1.165) is 33.0 Å². The summed E-state index contributed by atoms with van der Waals surface area (Å²) < 4.78 is 6.26. The number of Topliss-reactive ketones (excluding diaryl/α,β-unsaturated/α-hetero) is 1. The molecule has 3 rings (SSSR count). The molecule has 0 aromatic heterocycles. The molecule has 1 unspecified atom stereocenters. The Hall–Kier alpha value is -2.16. The highest BCUT2D eigenvalue weighted by Crippen LogP contribution is 2.41. The van der Waals surface area contributed by atoms with Crippen molar-refractivity contribution in [1.82, 2.24) is 0 Å². The van der Waals surface area contributed by atoms with Crippen LogP contribution in [0.4, 0.5) is 0 Å². The van der Waals surface area contributed by atoms with Crippen LogP contribution in [0.25, 0.3) is 21.9 Å². The van der Waals surface area contributed by atoms with Crippen molar-refractivity contribution in [2.45, 2.75) is 53.2 Å². The molecule has 0 aliphatic heterocycles. The molecular weight excluding hydrogens is 368 g/mol. The molecule has 0 heterocycles. The molecule has 1 atom stereocenters. The molecule has 0 N–H and O–H groups in total. The van der Waals surface area contributed by atoms with Gasteiger partial charge < -0.3 is 4.74 Å². The third-order valence-electron chi connectivity index (χ3n) is 4.78. The summed E-state index contributed by atoms with van der Waals surface area (Å²) >= 11 is 6.13. The van der Waals surface area contributed by atoms with E-state index in [1.165, 1.54) is 5.56 Å². The third kappa shape index (κ3) is 4.29. The first-order chi connectivity index (χ1) is 13.1. The van der Waals surface area contributed by atoms with Crippen LogP contribution in [0.5, 0.6) is 0 Å². The van der Waals surface area contributed by atoms with E-state index >= 15 is 0 Å². The molecule has 0 saturated carbocycles. The first-order valence-corrected chi connectivity index (χ1v) is 9.92. The van der Waals surface area contributed by atoms with Gasteiger partial charge in [0.25, 0.3) is 0 Å². The number of rotatable bonds is 4. The van der Waals surface area contributed by atoms with Crippen LogP contribution in [-0.4, -0.2) is 11.4 Å². The Balaban J connectivity index is 2.40. The Morgan fingerprint density at radius 1 is 1.00 bits per heavy atom. The molecule has 28 heavy (non-hydrogen) atoms. The minimum Gasteiger partial charge on any atom is -0.360 e. The highest BCUT2D eigenvalue weighted by atomic mass is 35.5. The summed E-state index contributed by atoms with van der Waals surface area (Å²) in [6.07, 6.45) is -0.629. The Kier molecular flexibility index (Phi) is 5.65. The fraction of sp³-hybridized carbons (Fsp3) is 0.320. The number of carbonyl (C=O) groups is 1. The summed E-state index contributed by atoms with van der Waals surface area (Å²) in [5, 5.41) is 2.95. The first kappa shape index (κ1) is 20.6. The van der Waals surface area contributed by atoms with E-state index in [0.29, 0.717) is 5.02 Å². The van der Waals surface area contributed by atoms with Crippen LogP contribution in [-0.2, 0) is 9.53 Å². The summed E-state index contributed by atoms with van der Waals surface area (Å²) in [4.78, 5) is 12.7. The zero-order chi connectivity index (χ0) is 20.6. The van der Waals surface area contributed by atoms with E-state index in [1.54, 1.807) is 6.92 Å². The number of aryl methyl sites for hydroxylation is 2. The number of hydrogen-bond acceptors (Lipinski definition) is 2. The SMILES string of the molecule is CC(=O)C(OC(C)(C)C)c1c(C)cc2ccc(C)cc2c1-c1ccc(Cl)cc1. The molecule has 0 aliphatic rings. The molecule has 3 aromatic carbocycles. The largest absolute Gasteiger partial charge is 0.360 e. The predicted octanol–water partition coefficient (Wildman–Crippen LogP) is 7.22. The van der Waals surface area contributed by atoms with Gasteiger partial charge >= 0.3 is 0 Å². The lowest BCUT2D eigenvalue weighted by molar-refractivity contribution is -0.138. The second kappa shape index (κ2) is 7.69. The van der Waals surface area contributed by atoms with Gasteiger partial charge in [0, 0.05) is 5.02 Å². The van der Waals surface area contributed by atoms with Crippen LogP contribution in [0.2, 0.25) is 5.02 Å². The van der Waals surface area contributed by atoms with Crippen LogP contribution in [0.1, 0.15) is 50.5 Å². The second-order valence-electron chi connectivity index (χ2n) is 8.43. The lowest BCUT2D eigenvalue weighted by Crippen LogP contribution is -2.27. The van der Waals surface area contributed by atoms with Crippen LogP contribution >= 0.6 is 11.6 Å². The Labute approximate surface area is 172 Å². The smallest absolute Gasteiger partial charge is 0.163 e. The number of fused-ring (bicyclic) bond motifs is 1. The van der Waals surface area contributed by atoms with Gasteiger partial charge in [-0.2, -0.15) is 0 Å². The lowest BCUT2D eigenvalue weighted by Gasteiger charge is -2.29. The van der Waals surface area contributed by atoms with Gasteiger partial charge in [0.05, 0.1) is 5.60 Å². The number of hydrogen-bond donors (Lipinski definition) is 0. The fourth-order valence-corrected chi connectivity index (χ4v) is 3.76. The van der Waals surface area contributed by atoms with Gasteiger partial charge in [-0.3, -0.25) is 4.79 Å². The van der Waals surface area contributed by atoms with Gasteiger partial charge in [0.15, 0.2) is 5.78 Å². The fourth-order valence-electron chi connectivity index (χ4n) is 3.63. The topological polar surface area (TPSA) is 26.3 Å². The van der Waals surface area contributed by atoms with Crippen LogP contribution in [0, 0.1) is 13.8 Å². The normalized spacial score (nSPS) is 13.0. The molecule has 0 bridgehead atoms. The van der Waals surface area contributed by atoms with E-state index in [-0.39, 0.29) is 5.78 Å². The van der Waals surface area contributed by atoms with Gasteiger partial charge in [-0.1, -0.05) is 53.6 Å². The minimum atomic E-state index is -0.629. The van der Waals surface area contributed by atoms with Crippen molar-refractivity contribution < 1.29 is 9.53 Å². The average Bonchev–Trinajstić information content (AvgIpc) is 2.59. The molecule has 0 radical (unpaired) electrons. The van der Waals surface area contributed by atoms with Crippen LogP contribution in [0.3, 0.4) is 0 Å². The van der Waals surface area contributed by atoms with Gasteiger partial charge in [0.2, 0.25) is 0 Å². The highest BCUT2D eigenvalue weighted by Gasteiger charge is 2.29. The number of halogens is 1. The molecule has 2 nitrogen and oxygen atoms in total. The summed E-state index contributed by atoms with van der Waals surface area (Å²) in [6, 6.07) is 16.4. The molecule has 0 aliphatic carbocycles. The maximum absolute atomic E-state index is 12.7. The van der Waals surface area contributed by atoms with E-state index in [4.69, 9.17) is 16.3 Å². The zero-order valence-electron chi connectivity index (χ0n) is 17.4. The Morgan fingerprint density at radius 2 is 1.64 bits per heavy atom. The van der Waals surface area contributed by atoms with Crippen molar-refractivity contribution in [3.63, 3.8) is 0 Å². The van der Waals surface area contributed by atoms with Crippen molar-refractivity contribution >= 4 is 28.2 Å². The number of carbonyl (C=O) groups excluding carboxylic acids is 1. The number of benzene rings is 3. The Bertz CT molecular complexity index is 1030. The number of ether oxygens (including phenoxy) is 1. The minimum absolute atomic E-state index is 0.000224. The van der Waals surface area contributed by atoms with E-state index in [9.17, 15) is 4.79 Å². The molecular formula is C25H27ClO2. The predicted molar refractivity (Wildman–Crippen MR) is 118 cm³/mol. The summed E-state index contributed by atoms with van der Waals surface area (Å²) in [7, 11) is 0. The number of ketones is 1. The van der Waals surface area contributed by atoms with Crippen molar-refractivity contribution in [3.8, 4) is 11.1 Å². The molecule has 0 spiro atoms. The molecule has 146 valence electrons. The van der Waals surface area contributed by atoms with Crippen molar-refractivity contribution in [3.05, 3.63) is 70.2 Å². The molecule has 3 aromatic rings. The van der Waals surface area contributed by atoms with Crippen molar-refractivity contribution in [2.75, 3.05) is 0 Å². The van der Waals surface area contributed by atoms with Gasteiger partial charge in [-0.25, -0.2) is 0 Å². The monoisotopic (exact) mass is 394 g/mol. The summed E-state index contributed by atoms with van der Waals surface area (Å²) in [5.41, 5.74) is 4.78. The molecule has 0 amide bonds. The molecule has 3 heteroatoms. The van der Waals surface area contributed by atoms with Gasteiger partial charge in [-0.15, -0.1) is 0 Å². The van der Waals surface area contributed by atoms with Gasteiger partial charge in [-0.05, 0) is 86.7 Å². The average molecular weight is 395 g/mol. The first-order valence-electron chi connectivity index (χ1n) is 9.55. The van der Waals surface area contributed by atoms with Crippen LogP contribution < -0.4 is 0 Å². The van der Waals surface area contributed by atoms with Crippen molar-refractivity contribution in [2.24, 2.45) is 0 Å². The van der Waals surface area contributed by atoms with Gasteiger partial charge in [0.1, 0.15) is 6.10 Å². The Morgan fingerprint density at radius 3 is 2.21 bits per heavy atom. The second-order valence-corrected chi connectivity index (χ2v) is 8.87. The maximum atomic E-state index is 12.7. The molecule has 0 fully saturated rings. The quantitative estimate of drug-likeness (QED) is 0.466. The summed E-state index contributed by atoms with van der Waals surface area (Å²) in [5.74, 6) is 0.000224. The zero-order valence-corrected chi connectivity index (χ0v) is 18.1. The standard InChI is InChI=1S/C25H27ClO2/c1-15-7-8-19-14-16(2)22(24(17(3)27)28-25(4,5)6)23(21(19)13-15)18-9-11-20(26)12-10-18/h7-14,24H,1-6H3. The summed E-state index contributed by atoms with van der Waals surface area (Å²) in [6.45, 7) is 11.7. The van der Waals surface area contributed by atoms with E-state index in [2.05, 4.69) is 38.1 Å². The van der Waals surface area contributed by atoms with Crippen LogP contribution in [0.15, 0.2) is 48.5 Å². The van der Waals surface area contributed by atoms with Crippen molar-refractivity contribution in [1.29, 1.82) is 0 Å².